The quantitative estimate of drug-likeness (QED) is 0.784. The number of rotatable bonds is 5. The van der Waals surface area contributed by atoms with Crippen molar-refractivity contribution in [3.63, 3.8) is 0 Å². The second-order valence-corrected chi connectivity index (χ2v) is 5.14. The van der Waals surface area contributed by atoms with Crippen LogP contribution in [-0.2, 0) is 9.59 Å². The van der Waals surface area contributed by atoms with Crippen LogP contribution in [0.1, 0.15) is 30.9 Å². The number of carbonyl (C=O) groups excluding carboxylic acids is 2. The molecule has 0 spiro atoms. The molecule has 21 heavy (non-hydrogen) atoms. The van der Waals surface area contributed by atoms with E-state index in [1.165, 1.54) is 26.0 Å². The highest BCUT2D eigenvalue weighted by Crippen LogP contribution is 2.33. The maximum absolute atomic E-state index is 13.1. The molecule has 0 heterocycles. The van der Waals surface area contributed by atoms with Gasteiger partial charge in [-0.05, 0) is 37.1 Å². The van der Waals surface area contributed by atoms with Crippen LogP contribution >= 0.6 is 0 Å². The smallest absolute Gasteiger partial charge is 0.141 e. The van der Waals surface area contributed by atoms with E-state index in [-0.39, 0.29) is 23.3 Å². The first kappa shape index (κ1) is 15.1. The molecule has 2 rings (SSSR count). The molecule has 0 saturated carbocycles. The van der Waals surface area contributed by atoms with Gasteiger partial charge in [0.25, 0.3) is 0 Å². The Kier molecular flexibility index (Phi) is 4.63. The standard InChI is InChI=1S/C18H17FO2/c1-12(20)17(13(2)21)18(14-6-4-3-5-7-14)15-8-10-16(19)11-9-15/h3-11,17-18H,1-2H3. The van der Waals surface area contributed by atoms with Gasteiger partial charge in [0.05, 0.1) is 5.92 Å². The monoisotopic (exact) mass is 284 g/mol. The first-order valence-corrected chi connectivity index (χ1v) is 6.82. The van der Waals surface area contributed by atoms with Crippen molar-refractivity contribution in [1.29, 1.82) is 0 Å². The van der Waals surface area contributed by atoms with E-state index in [9.17, 15) is 14.0 Å². The summed E-state index contributed by atoms with van der Waals surface area (Å²) in [5, 5.41) is 0. The Bertz CT molecular complexity index is 618. The highest BCUT2D eigenvalue weighted by molar-refractivity contribution is 6.01. The molecule has 2 aromatic rings. The normalized spacial score (nSPS) is 12.2. The first-order valence-electron chi connectivity index (χ1n) is 6.82. The number of Topliss-reactive ketones (excluding diaryl/α,β-unsaturated/α-hetero) is 2. The lowest BCUT2D eigenvalue weighted by Gasteiger charge is -2.24. The molecular weight excluding hydrogens is 267 g/mol. The molecule has 0 aliphatic heterocycles. The summed E-state index contributed by atoms with van der Waals surface area (Å²) in [6.45, 7) is 2.84. The molecule has 0 fully saturated rings. The van der Waals surface area contributed by atoms with Crippen LogP contribution in [0.15, 0.2) is 54.6 Å². The molecule has 2 nitrogen and oxygen atoms in total. The lowest BCUT2D eigenvalue weighted by Crippen LogP contribution is -2.27. The second kappa shape index (κ2) is 6.44. The number of benzene rings is 2. The lowest BCUT2D eigenvalue weighted by atomic mass is 9.77. The summed E-state index contributed by atoms with van der Waals surface area (Å²) in [7, 11) is 0. The summed E-state index contributed by atoms with van der Waals surface area (Å²) in [5.41, 5.74) is 1.64. The Morgan fingerprint density at radius 1 is 0.810 bits per heavy atom. The van der Waals surface area contributed by atoms with E-state index < -0.39 is 5.92 Å². The fraction of sp³-hybridized carbons (Fsp3) is 0.222. The van der Waals surface area contributed by atoms with E-state index in [1.54, 1.807) is 12.1 Å². The van der Waals surface area contributed by atoms with E-state index >= 15 is 0 Å². The molecule has 1 unspecified atom stereocenters. The van der Waals surface area contributed by atoms with Crippen LogP contribution in [0.25, 0.3) is 0 Å². The van der Waals surface area contributed by atoms with Gasteiger partial charge in [-0.15, -0.1) is 0 Å². The van der Waals surface area contributed by atoms with Crippen LogP contribution in [0.2, 0.25) is 0 Å². The van der Waals surface area contributed by atoms with Crippen molar-refractivity contribution in [2.45, 2.75) is 19.8 Å². The minimum Gasteiger partial charge on any atom is -0.299 e. The average molecular weight is 284 g/mol. The molecule has 0 saturated heterocycles. The summed E-state index contributed by atoms with van der Waals surface area (Å²) in [4.78, 5) is 23.9. The number of halogens is 1. The van der Waals surface area contributed by atoms with Gasteiger partial charge >= 0.3 is 0 Å². The fourth-order valence-corrected chi connectivity index (χ4v) is 2.66. The van der Waals surface area contributed by atoms with E-state index in [4.69, 9.17) is 0 Å². The summed E-state index contributed by atoms with van der Waals surface area (Å²) >= 11 is 0. The van der Waals surface area contributed by atoms with Crippen molar-refractivity contribution in [2.75, 3.05) is 0 Å². The van der Waals surface area contributed by atoms with Crippen LogP contribution < -0.4 is 0 Å². The van der Waals surface area contributed by atoms with Crippen molar-refractivity contribution < 1.29 is 14.0 Å². The Balaban J connectivity index is 2.56. The molecule has 0 aromatic heterocycles. The zero-order valence-corrected chi connectivity index (χ0v) is 12.0. The number of hydrogen-bond donors (Lipinski definition) is 0. The molecule has 1 atom stereocenters. The van der Waals surface area contributed by atoms with Crippen molar-refractivity contribution in [2.24, 2.45) is 5.92 Å². The van der Waals surface area contributed by atoms with E-state index in [2.05, 4.69) is 0 Å². The van der Waals surface area contributed by atoms with Gasteiger partial charge in [0.1, 0.15) is 17.4 Å². The lowest BCUT2D eigenvalue weighted by molar-refractivity contribution is -0.130. The Labute approximate surface area is 123 Å². The van der Waals surface area contributed by atoms with Crippen LogP contribution in [0.4, 0.5) is 4.39 Å². The number of ketones is 2. The zero-order valence-electron chi connectivity index (χ0n) is 12.0. The van der Waals surface area contributed by atoms with Crippen LogP contribution in [-0.4, -0.2) is 11.6 Å². The molecule has 0 bridgehead atoms. The minimum atomic E-state index is -0.752. The van der Waals surface area contributed by atoms with Gasteiger partial charge in [0.15, 0.2) is 0 Å². The highest BCUT2D eigenvalue weighted by Gasteiger charge is 2.32. The SMILES string of the molecule is CC(=O)C(C(C)=O)C(c1ccccc1)c1ccc(F)cc1. The first-order chi connectivity index (χ1) is 10.0. The molecule has 0 radical (unpaired) electrons. The fourth-order valence-electron chi connectivity index (χ4n) is 2.66. The van der Waals surface area contributed by atoms with Crippen molar-refractivity contribution in [1.82, 2.24) is 0 Å². The summed E-state index contributed by atoms with van der Waals surface area (Å²) in [6, 6.07) is 15.3. The summed E-state index contributed by atoms with van der Waals surface area (Å²) in [6.07, 6.45) is 0. The van der Waals surface area contributed by atoms with Gasteiger partial charge in [-0.2, -0.15) is 0 Å². The van der Waals surface area contributed by atoms with Crippen molar-refractivity contribution in [3.8, 4) is 0 Å². The zero-order chi connectivity index (χ0) is 15.4. The molecule has 2 aromatic carbocycles. The van der Waals surface area contributed by atoms with Crippen molar-refractivity contribution >= 4 is 11.6 Å². The molecule has 108 valence electrons. The van der Waals surface area contributed by atoms with E-state index in [0.717, 1.165) is 11.1 Å². The van der Waals surface area contributed by atoms with Crippen molar-refractivity contribution in [3.05, 3.63) is 71.5 Å². The van der Waals surface area contributed by atoms with E-state index in [1.807, 2.05) is 30.3 Å². The molecule has 0 aliphatic carbocycles. The van der Waals surface area contributed by atoms with Gasteiger partial charge in [0, 0.05) is 5.92 Å². The van der Waals surface area contributed by atoms with Gasteiger partial charge in [-0.25, -0.2) is 4.39 Å². The second-order valence-electron chi connectivity index (χ2n) is 5.14. The third-order valence-electron chi connectivity index (χ3n) is 3.60. The molecule has 0 aliphatic rings. The molecule has 0 amide bonds. The Morgan fingerprint density at radius 3 is 1.76 bits per heavy atom. The van der Waals surface area contributed by atoms with Gasteiger partial charge in [0.2, 0.25) is 0 Å². The van der Waals surface area contributed by atoms with Gasteiger partial charge < -0.3 is 0 Å². The Hall–Kier alpha value is -2.29. The van der Waals surface area contributed by atoms with Gasteiger partial charge in [-0.3, -0.25) is 9.59 Å². The van der Waals surface area contributed by atoms with E-state index in [0.29, 0.717) is 0 Å². The maximum atomic E-state index is 13.1. The van der Waals surface area contributed by atoms with Crippen LogP contribution in [0.5, 0.6) is 0 Å². The minimum absolute atomic E-state index is 0.180. The van der Waals surface area contributed by atoms with Crippen LogP contribution in [0, 0.1) is 11.7 Å². The Morgan fingerprint density at radius 2 is 1.29 bits per heavy atom. The largest absolute Gasteiger partial charge is 0.299 e. The van der Waals surface area contributed by atoms with Gasteiger partial charge in [-0.1, -0.05) is 42.5 Å². The number of hydrogen-bond acceptors (Lipinski definition) is 2. The third kappa shape index (κ3) is 3.43. The average Bonchev–Trinajstić information content (AvgIpc) is 2.46. The predicted molar refractivity (Wildman–Crippen MR) is 79.5 cm³/mol. The highest BCUT2D eigenvalue weighted by atomic mass is 19.1. The topological polar surface area (TPSA) is 34.1 Å². The molecule has 3 heteroatoms. The number of carbonyl (C=O) groups is 2. The molecule has 0 N–H and O–H groups in total. The summed E-state index contributed by atoms with van der Waals surface area (Å²) in [5.74, 6) is -1.84. The maximum Gasteiger partial charge on any atom is 0.141 e. The predicted octanol–water partition coefficient (Wildman–Crippen LogP) is 3.75. The van der Waals surface area contributed by atoms with Crippen LogP contribution in [0.3, 0.4) is 0 Å². The molecular formula is C18H17FO2. The summed E-state index contributed by atoms with van der Waals surface area (Å²) < 4.78 is 13.1. The third-order valence-corrected chi connectivity index (χ3v) is 3.60.